The SMILES string of the molecule is [2H]c1c(N(c2c([2H])c([2H])c(-c3c([2H])c([2H])c([2H])c([2H])c3[2H])c([2H])c2[2H])c2c([2H])c([2H])c([2H])c3c2-c2c([2H])c([2H])c([2H])c([2H])c2C32c3c([2H])c([2H])c([2H])c([2H])c3-c3c([2H])c([2H])c([2H])c([2H])c32)cc2c(c1[2H])-c1c([2H])c(C)c([2H])c([2H])c1C2(C)C([2H])([2H])[2H]. The summed E-state index contributed by atoms with van der Waals surface area (Å²) in [6.07, 6.45) is 0. The molecule has 8 aromatic rings. The van der Waals surface area contributed by atoms with Crippen LogP contribution in [-0.2, 0) is 10.8 Å². The first-order chi connectivity index (χ1) is 39.8. The topological polar surface area (TPSA) is 3.24 Å². The lowest BCUT2D eigenvalue weighted by atomic mass is 9.70. The highest BCUT2D eigenvalue weighted by molar-refractivity contribution is 6.01. The van der Waals surface area contributed by atoms with Gasteiger partial charge in [-0.25, -0.2) is 0 Å². The van der Waals surface area contributed by atoms with Gasteiger partial charge >= 0.3 is 0 Å². The molecule has 0 aliphatic heterocycles. The maximum absolute atomic E-state index is 10.1. The highest BCUT2D eigenvalue weighted by Crippen LogP contribution is 2.64. The molecular formula is C53H39N. The van der Waals surface area contributed by atoms with E-state index in [1.54, 1.807) is 0 Å². The van der Waals surface area contributed by atoms with Gasteiger partial charge in [-0.3, -0.25) is 0 Å². The standard InChI is InChI=1S/C53H39N/c1-34-24-31-44-43(32-34)41-30-29-38(33-49(41)52(44,2)3)54(37-27-25-36(26-28-37)35-14-5-4-6-15-35)50-23-13-22-48-51(50)42-18-9-12-21-47(42)53(48)45-19-10-7-16-39(45)40-17-8-11-20-46(40)53/h4-33H,1-3H3/i2D3,4D,5D,6D,7D,8D,9D,10D,11D,12D,13D,14D,15D,16D,17D,18D,19D,20D,21D,22D,23D,24D,25D,26D,27D,28D,29D,30D,31D,32D. The molecule has 1 atom stereocenters. The zero-order valence-electron chi connectivity index (χ0n) is 60.0. The number of rotatable bonds is 4. The van der Waals surface area contributed by atoms with Crippen molar-refractivity contribution in [2.45, 2.75) is 31.5 Å². The van der Waals surface area contributed by atoms with Gasteiger partial charge in [-0.05, 0) is 109 Å². The molecule has 1 nitrogen and oxygen atoms in total. The molecular weight excluding hydrogens is 651 g/mol. The van der Waals surface area contributed by atoms with Gasteiger partial charge in [0.2, 0.25) is 0 Å². The van der Waals surface area contributed by atoms with Gasteiger partial charge in [0.25, 0.3) is 0 Å². The van der Waals surface area contributed by atoms with Gasteiger partial charge in [0.05, 0.1) is 50.9 Å². The normalized spacial score (nSPS) is 24.9. The molecule has 1 spiro atoms. The molecule has 0 radical (unpaired) electrons. The van der Waals surface area contributed by atoms with Crippen molar-refractivity contribution in [1.82, 2.24) is 0 Å². The Kier molecular flexibility index (Phi) is 2.69. The average Bonchev–Trinajstić information content (AvgIpc) is 1.48. The summed E-state index contributed by atoms with van der Waals surface area (Å²) in [5.41, 5.74) is -18.4. The molecule has 0 bridgehead atoms. The Bertz CT molecular complexity index is 4470. The molecule has 256 valence electrons. The number of hydrogen-bond donors (Lipinski definition) is 0. The average molecular weight is 722 g/mol. The first kappa shape index (κ1) is 12.9. The van der Waals surface area contributed by atoms with Crippen molar-refractivity contribution >= 4 is 17.1 Å². The van der Waals surface area contributed by atoms with Crippen molar-refractivity contribution in [3.8, 4) is 44.5 Å². The quantitative estimate of drug-likeness (QED) is 0.175. The Balaban J connectivity index is 1.44. The van der Waals surface area contributed by atoms with Crippen molar-refractivity contribution in [2.75, 3.05) is 4.90 Å². The van der Waals surface area contributed by atoms with Gasteiger partial charge in [-0.15, -0.1) is 0 Å². The van der Waals surface area contributed by atoms with Crippen LogP contribution < -0.4 is 4.90 Å². The van der Waals surface area contributed by atoms with E-state index >= 15 is 0 Å². The van der Waals surface area contributed by atoms with Crippen LogP contribution in [0.15, 0.2) is 181 Å². The number of anilines is 3. The van der Waals surface area contributed by atoms with E-state index in [9.17, 15) is 23.3 Å². The Morgan fingerprint density at radius 2 is 1.04 bits per heavy atom. The Morgan fingerprint density at radius 1 is 0.463 bits per heavy atom. The van der Waals surface area contributed by atoms with Crippen LogP contribution in [0.25, 0.3) is 44.5 Å². The van der Waals surface area contributed by atoms with Crippen molar-refractivity contribution in [2.24, 2.45) is 0 Å². The fourth-order valence-electron chi connectivity index (χ4n) is 7.80. The first-order valence-electron chi connectivity index (χ1n) is 32.5. The van der Waals surface area contributed by atoms with Crippen LogP contribution in [0.1, 0.15) is 96.6 Å². The van der Waals surface area contributed by atoms with Crippen LogP contribution in [0, 0.1) is 6.92 Å². The van der Waals surface area contributed by atoms with Crippen molar-refractivity contribution in [1.29, 1.82) is 0 Å². The molecule has 0 saturated heterocycles. The third-order valence-electron chi connectivity index (χ3n) is 10.1. The largest absolute Gasteiger partial charge is 0.310 e. The second kappa shape index (κ2) is 11.3. The molecule has 0 fully saturated rings. The molecule has 0 aromatic heterocycles. The smallest absolute Gasteiger partial charge is 0.0726 e. The summed E-state index contributed by atoms with van der Waals surface area (Å²) >= 11 is 0. The van der Waals surface area contributed by atoms with Gasteiger partial charge in [-0.1, -0.05) is 170 Å². The van der Waals surface area contributed by atoms with Gasteiger partial charge in [0.15, 0.2) is 0 Å². The minimum absolute atomic E-state index is 0.135. The van der Waals surface area contributed by atoms with Crippen molar-refractivity contribution in [3.05, 3.63) is 220 Å². The predicted molar refractivity (Wildman–Crippen MR) is 225 cm³/mol. The lowest BCUT2D eigenvalue weighted by molar-refractivity contribution is 0.660. The van der Waals surface area contributed by atoms with Crippen LogP contribution in [-0.4, -0.2) is 0 Å². The highest BCUT2D eigenvalue weighted by Gasteiger charge is 2.52. The van der Waals surface area contributed by atoms with Gasteiger partial charge in [0, 0.05) is 26.5 Å². The van der Waals surface area contributed by atoms with Crippen LogP contribution in [0.5, 0.6) is 0 Å². The van der Waals surface area contributed by atoms with E-state index in [4.69, 9.17) is 20.6 Å². The molecule has 0 N–H and O–H groups in total. The van der Waals surface area contributed by atoms with E-state index in [0.29, 0.717) is 4.90 Å². The van der Waals surface area contributed by atoms with Crippen LogP contribution in [0.4, 0.5) is 17.1 Å². The molecule has 54 heavy (non-hydrogen) atoms. The van der Waals surface area contributed by atoms with E-state index in [0.717, 1.165) is 13.0 Å². The Labute approximate surface area is 362 Å². The lowest BCUT2D eigenvalue weighted by Gasteiger charge is -2.32. The number of nitrogens with zero attached hydrogens (tertiary/aromatic N) is 1. The van der Waals surface area contributed by atoms with Gasteiger partial charge < -0.3 is 4.90 Å². The number of hydrogen-bond acceptors (Lipinski definition) is 1. The van der Waals surface area contributed by atoms with Crippen LogP contribution >= 0.6 is 0 Å². The van der Waals surface area contributed by atoms with E-state index in [1.165, 1.54) is 6.92 Å². The van der Waals surface area contributed by atoms with Gasteiger partial charge in [-0.2, -0.15) is 0 Å². The first-order valence-corrected chi connectivity index (χ1v) is 16.5. The molecule has 1 unspecified atom stereocenters. The maximum Gasteiger partial charge on any atom is 0.0726 e. The molecule has 1 heteroatoms. The second-order valence-corrected chi connectivity index (χ2v) is 13.0. The van der Waals surface area contributed by atoms with E-state index < -0.39 is 282 Å². The van der Waals surface area contributed by atoms with Crippen molar-refractivity contribution in [3.63, 3.8) is 0 Å². The third-order valence-corrected chi connectivity index (χ3v) is 10.1. The summed E-state index contributed by atoms with van der Waals surface area (Å²) in [4.78, 5) is 0.528. The molecule has 0 saturated carbocycles. The zero-order valence-corrected chi connectivity index (χ0v) is 28.0. The molecule has 3 aliphatic carbocycles. The van der Waals surface area contributed by atoms with E-state index in [-0.39, 0.29) is 11.1 Å². The minimum Gasteiger partial charge on any atom is -0.310 e. The third kappa shape index (κ3) is 4.10. The van der Waals surface area contributed by atoms with Gasteiger partial charge in [0.1, 0.15) is 0 Å². The lowest BCUT2D eigenvalue weighted by Crippen LogP contribution is -2.26. The fourth-order valence-corrected chi connectivity index (χ4v) is 7.80. The molecule has 8 aromatic carbocycles. The Morgan fingerprint density at radius 3 is 1.74 bits per heavy atom. The molecule has 11 rings (SSSR count). The van der Waals surface area contributed by atoms with E-state index in [1.807, 2.05) is 0 Å². The molecule has 0 heterocycles. The predicted octanol–water partition coefficient (Wildman–Crippen LogP) is 13.8. The fraction of sp³-hybridized carbons (Fsp3) is 0.0943. The summed E-state index contributed by atoms with van der Waals surface area (Å²) < 4.78 is 297. The summed E-state index contributed by atoms with van der Waals surface area (Å²) in [7, 11) is 0. The summed E-state index contributed by atoms with van der Waals surface area (Å²) in [5.74, 6) is 0. The summed E-state index contributed by atoms with van der Waals surface area (Å²) in [6.45, 7) is -0.920. The minimum atomic E-state index is -3.31. The Hall–Kier alpha value is -6.44. The molecule has 0 amide bonds. The molecule has 3 aliphatic rings. The maximum atomic E-state index is 10.1. The summed E-state index contributed by atoms with van der Waals surface area (Å²) in [6, 6.07) is -28.4. The number of fused-ring (bicyclic) bond motifs is 13. The number of benzene rings is 8. The van der Waals surface area contributed by atoms with Crippen molar-refractivity contribution < 1.29 is 43.9 Å². The van der Waals surface area contributed by atoms with Crippen LogP contribution in [0.3, 0.4) is 0 Å². The monoisotopic (exact) mass is 722 g/mol. The highest BCUT2D eigenvalue weighted by atomic mass is 15.1. The summed E-state index contributed by atoms with van der Waals surface area (Å²) in [5, 5.41) is 0. The second-order valence-electron chi connectivity index (χ2n) is 13.0. The van der Waals surface area contributed by atoms with E-state index in [2.05, 4.69) is 0 Å². The zero-order chi connectivity index (χ0) is 63.9. The van der Waals surface area contributed by atoms with Crippen LogP contribution in [0.2, 0.25) is 0 Å².